The van der Waals surface area contributed by atoms with Gasteiger partial charge in [-0.2, -0.15) is 0 Å². The lowest BCUT2D eigenvalue weighted by atomic mass is 10.2. The maximum absolute atomic E-state index is 13.6. The highest BCUT2D eigenvalue weighted by molar-refractivity contribution is 5.46. The van der Waals surface area contributed by atoms with E-state index in [0.29, 0.717) is 13.2 Å². The van der Waals surface area contributed by atoms with Crippen LogP contribution in [0.4, 0.5) is 10.1 Å². The number of nitro groups is 1. The minimum atomic E-state index is -0.781. The number of hydrogen-bond acceptors (Lipinski definition) is 6. The molecule has 1 fully saturated rings. The summed E-state index contributed by atoms with van der Waals surface area (Å²) < 4.78 is 24.2. The molecule has 0 bridgehead atoms. The molecule has 110 valence electrons. The summed E-state index contributed by atoms with van der Waals surface area (Å²) in [7, 11) is 0. The zero-order chi connectivity index (χ0) is 14.5. The lowest BCUT2D eigenvalue weighted by Crippen LogP contribution is -2.49. The second-order valence-corrected chi connectivity index (χ2v) is 4.40. The highest BCUT2D eigenvalue weighted by Crippen LogP contribution is 2.29. The van der Waals surface area contributed by atoms with Gasteiger partial charge in [0.2, 0.25) is 5.75 Å². The van der Waals surface area contributed by atoms with Gasteiger partial charge in [-0.3, -0.25) is 10.1 Å². The van der Waals surface area contributed by atoms with Gasteiger partial charge in [0.05, 0.1) is 24.2 Å². The molecule has 2 N–H and O–H groups in total. The Morgan fingerprint density at radius 2 is 2.40 bits per heavy atom. The normalized spacial score (nSPS) is 22.5. The Kier molecular flexibility index (Phi) is 4.83. The van der Waals surface area contributed by atoms with E-state index in [1.165, 1.54) is 12.1 Å². The highest BCUT2D eigenvalue weighted by atomic mass is 19.1. The van der Waals surface area contributed by atoms with Gasteiger partial charge in [-0.15, -0.1) is 0 Å². The van der Waals surface area contributed by atoms with Crippen LogP contribution in [0.2, 0.25) is 0 Å². The molecule has 0 amide bonds. The summed E-state index contributed by atoms with van der Waals surface area (Å²) in [4.78, 5) is 10.1. The van der Waals surface area contributed by atoms with Crippen molar-refractivity contribution in [3.05, 3.63) is 34.1 Å². The van der Waals surface area contributed by atoms with Crippen LogP contribution < -0.4 is 10.1 Å². The molecule has 1 saturated heterocycles. The molecule has 1 aromatic carbocycles. The fourth-order valence-corrected chi connectivity index (χ4v) is 1.85. The molecule has 0 aromatic heterocycles. The average molecular weight is 286 g/mol. The van der Waals surface area contributed by atoms with E-state index in [9.17, 15) is 14.5 Å². The molecule has 0 spiro atoms. The van der Waals surface area contributed by atoms with Crippen molar-refractivity contribution in [2.45, 2.75) is 12.1 Å². The Labute approximate surface area is 114 Å². The van der Waals surface area contributed by atoms with E-state index in [0.717, 1.165) is 6.07 Å². The predicted molar refractivity (Wildman–Crippen MR) is 67.2 cm³/mol. The van der Waals surface area contributed by atoms with Crippen molar-refractivity contribution in [1.29, 1.82) is 0 Å². The molecule has 1 aliphatic rings. The van der Waals surface area contributed by atoms with Gasteiger partial charge in [0.1, 0.15) is 12.7 Å². The number of nitro benzene ring substituents is 1. The van der Waals surface area contributed by atoms with Crippen molar-refractivity contribution in [3.8, 4) is 5.75 Å². The molecule has 1 aromatic rings. The van der Waals surface area contributed by atoms with Crippen LogP contribution in [-0.2, 0) is 4.74 Å². The van der Waals surface area contributed by atoms with Crippen molar-refractivity contribution in [1.82, 2.24) is 5.32 Å². The van der Waals surface area contributed by atoms with Crippen LogP contribution in [-0.4, -0.2) is 48.5 Å². The van der Waals surface area contributed by atoms with Gasteiger partial charge < -0.3 is 19.9 Å². The van der Waals surface area contributed by atoms with Crippen LogP contribution in [0, 0.1) is 15.9 Å². The number of hydrogen-bond donors (Lipinski definition) is 2. The topological polar surface area (TPSA) is 93.9 Å². The molecule has 0 aliphatic carbocycles. The number of ether oxygens (including phenoxy) is 2. The van der Waals surface area contributed by atoms with Gasteiger partial charge in [-0.05, 0) is 6.07 Å². The second-order valence-electron chi connectivity index (χ2n) is 4.40. The van der Waals surface area contributed by atoms with Crippen LogP contribution >= 0.6 is 0 Å². The number of nitrogens with one attached hydrogen (secondary N) is 1. The van der Waals surface area contributed by atoms with Gasteiger partial charge in [-0.25, -0.2) is 4.39 Å². The number of benzene rings is 1. The Bertz CT molecular complexity index is 477. The standard InChI is InChI=1S/C12H15FN2O5/c13-10-2-1-3-11(15(17)18)12(10)20-7-9-4-14-8(5-16)6-19-9/h1-3,8-9,14,16H,4-7H2/t8-,9+/m1/s1. The fraction of sp³-hybridized carbons (Fsp3) is 0.500. The van der Waals surface area contributed by atoms with E-state index >= 15 is 0 Å². The minimum absolute atomic E-state index is 0.00702. The fourth-order valence-electron chi connectivity index (χ4n) is 1.85. The van der Waals surface area contributed by atoms with Crippen LogP contribution in [0.3, 0.4) is 0 Å². The van der Waals surface area contributed by atoms with Gasteiger partial charge >= 0.3 is 5.69 Å². The molecule has 1 aliphatic heterocycles. The first-order chi connectivity index (χ1) is 9.61. The third kappa shape index (κ3) is 3.41. The van der Waals surface area contributed by atoms with E-state index in [1.807, 2.05) is 0 Å². The summed E-state index contributed by atoms with van der Waals surface area (Å²) in [6.07, 6.45) is -0.350. The van der Waals surface area contributed by atoms with Crippen LogP contribution in [0.1, 0.15) is 0 Å². The van der Waals surface area contributed by atoms with Crippen molar-refractivity contribution >= 4 is 5.69 Å². The zero-order valence-electron chi connectivity index (χ0n) is 10.6. The Balaban J connectivity index is 1.96. The smallest absolute Gasteiger partial charge is 0.314 e. The van der Waals surface area contributed by atoms with Crippen molar-refractivity contribution in [2.75, 3.05) is 26.4 Å². The molecule has 1 heterocycles. The first-order valence-electron chi connectivity index (χ1n) is 6.13. The van der Waals surface area contributed by atoms with E-state index in [1.54, 1.807) is 0 Å². The number of aliphatic hydroxyl groups excluding tert-OH is 1. The lowest BCUT2D eigenvalue weighted by Gasteiger charge is -2.29. The SMILES string of the molecule is O=[N+]([O-])c1cccc(F)c1OC[C@@H]1CN[C@H](CO)CO1. The number of rotatable bonds is 5. The van der Waals surface area contributed by atoms with Crippen LogP contribution in [0.25, 0.3) is 0 Å². The number of para-hydroxylation sites is 1. The first kappa shape index (κ1) is 14.6. The van der Waals surface area contributed by atoms with Crippen molar-refractivity contribution in [3.63, 3.8) is 0 Å². The molecular weight excluding hydrogens is 271 g/mol. The van der Waals surface area contributed by atoms with Crippen molar-refractivity contribution < 1.29 is 23.9 Å². The molecule has 0 unspecified atom stereocenters. The quantitative estimate of drug-likeness (QED) is 0.603. The monoisotopic (exact) mass is 286 g/mol. The Hall–Kier alpha value is -1.77. The van der Waals surface area contributed by atoms with E-state index in [4.69, 9.17) is 14.6 Å². The summed E-state index contributed by atoms with van der Waals surface area (Å²) in [5.74, 6) is -1.17. The lowest BCUT2D eigenvalue weighted by molar-refractivity contribution is -0.386. The predicted octanol–water partition coefficient (Wildman–Crippen LogP) is 0.462. The molecule has 20 heavy (non-hydrogen) atoms. The van der Waals surface area contributed by atoms with E-state index in [2.05, 4.69) is 5.32 Å². The van der Waals surface area contributed by atoms with Crippen LogP contribution in [0.5, 0.6) is 5.75 Å². The number of morpholine rings is 1. The van der Waals surface area contributed by atoms with E-state index in [-0.39, 0.29) is 31.1 Å². The van der Waals surface area contributed by atoms with E-state index < -0.39 is 16.4 Å². The maximum Gasteiger partial charge on any atom is 0.314 e. The molecule has 2 rings (SSSR count). The number of halogens is 1. The Morgan fingerprint density at radius 3 is 3.00 bits per heavy atom. The summed E-state index contributed by atoms with van der Waals surface area (Å²) in [6, 6.07) is 3.41. The highest BCUT2D eigenvalue weighted by Gasteiger charge is 2.24. The van der Waals surface area contributed by atoms with Gasteiger partial charge in [0.25, 0.3) is 0 Å². The third-order valence-electron chi connectivity index (χ3n) is 2.94. The largest absolute Gasteiger partial charge is 0.482 e. The van der Waals surface area contributed by atoms with Crippen molar-refractivity contribution in [2.24, 2.45) is 0 Å². The molecule has 8 heteroatoms. The van der Waals surface area contributed by atoms with Gasteiger partial charge in [0, 0.05) is 12.6 Å². The summed E-state index contributed by atoms with van der Waals surface area (Å²) in [5.41, 5.74) is -0.415. The molecule has 7 nitrogen and oxygen atoms in total. The minimum Gasteiger partial charge on any atom is -0.482 e. The number of aliphatic hydroxyl groups is 1. The maximum atomic E-state index is 13.6. The third-order valence-corrected chi connectivity index (χ3v) is 2.94. The molecule has 0 saturated carbocycles. The van der Waals surface area contributed by atoms with Gasteiger partial charge in [-0.1, -0.05) is 6.07 Å². The first-order valence-corrected chi connectivity index (χ1v) is 6.13. The zero-order valence-corrected chi connectivity index (χ0v) is 10.6. The molecule has 2 atom stereocenters. The molecule has 0 radical (unpaired) electrons. The van der Waals surface area contributed by atoms with Gasteiger partial charge in [0.15, 0.2) is 5.82 Å². The van der Waals surface area contributed by atoms with Crippen LogP contribution in [0.15, 0.2) is 18.2 Å². The average Bonchev–Trinajstić information content (AvgIpc) is 2.46. The Morgan fingerprint density at radius 1 is 1.60 bits per heavy atom. The summed E-state index contributed by atoms with van der Waals surface area (Å²) >= 11 is 0. The molecular formula is C12H15FN2O5. The number of nitrogens with zero attached hydrogens (tertiary/aromatic N) is 1. The summed E-state index contributed by atoms with van der Waals surface area (Å²) in [5, 5.41) is 22.7. The summed E-state index contributed by atoms with van der Waals surface area (Å²) in [6.45, 7) is 0.691. The second kappa shape index (κ2) is 6.60.